The fourth-order valence-corrected chi connectivity index (χ4v) is 2.99. The maximum atomic E-state index is 11.3. The van der Waals surface area contributed by atoms with Gasteiger partial charge in [0.2, 0.25) is 0 Å². The summed E-state index contributed by atoms with van der Waals surface area (Å²) in [5, 5.41) is 2.36. The molecular formula is C11H18N4OS. The number of amides is 1. The van der Waals surface area contributed by atoms with E-state index in [2.05, 4.69) is 22.4 Å². The Kier molecular flexibility index (Phi) is 4.09. The molecule has 1 aliphatic rings. The van der Waals surface area contributed by atoms with E-state index in [1.807, 2.05) is 5.38 Å². The van der Waals surface area contributed by atoms with Gasteiger partial charge in [-0.25, -0.2) is 10.8 Å². The molecule has 0 saturated heterocycles. The van der Waals surface area contributed by atoms with Gasteiger partial charge in [0, 0.05) is 18.0 Å². The zero-order chi connectivity index (χ0) is 12.3. The second kappa shape index (κ2) is 5.57. The van der Waals surface area contributed by atoms with Crippen molar-refractivity contribution < 1.29 is 4.79 Å². The molecule has 2 rings (SSSR count). The molecule has 94 valence electrons. The Morgan fingerprint density at radius 1 is 1.65 bits per heavy atom. The number of rotatable bonds is 4. The largest absolute Gasteiger partial charge is 0.298 e. The molecule has 17 heavy (non-hydrogen) atoms. The monoisotopic (exact) mass is 254 g/mol. The van der Waals surface area contributed by atoms with Crippen LogP contribution in [0.15, 0.2) is 5.38 Å². The molecule has 1 aliphatic carbocycles. The first kappa shape index (κ1) is 12.5. The smallest absolute Gasteiger partial charge is 0.294 e. The van der Waals surface area contributed by atoms with E-state index in [1.165, 1.54) is 37.0 Å². The van der Waals surface area contributed by atoms with Gasteiger partial charge in [0.05, 0.1) is 5.69 Å². The Bertz CT molecular complexity index is 387. The van der Waals surface area contributed by atoms with Crippen LogP contribution in [-0.4, -0.2) is 28.9 Å². The van der Waals surface area contributed by atoms with Crippen LogP contribution < -0.4 is 11.3 Å². The van der Waals surface area contributed by atoms with Crippen LogP contribution in [-0.2, 0) is 6.54 Å². The van der Waals surface area contributed by atoms with Crippen LogP contribution in [0.4, 0.5) is 0 Å². The highest BCUT2D eigenvalue weighted by Crippen LogP contribution is 2.23. The summed E-state index contributed by atoms with van der Waals surface area (Å²) in [5.74, 6) is 4.76. The number of nitrogens with two attached hydrogens (primary N) is 1. The second-order valence-electron chi connectivity index (χ2n) is 4.47. The summed E-state index contributed by atoms with van der Waals surface area (Å²) in [7, 11) is 2.12. The molecule has 3 N–H and O–H groups in total. The molecule has 6 heteroatoms. The first-order valence-corrected chi connectivity index (χ1v) is 6.74. The zero-order valence-electron chi connectivity index (χ0n) is 9.98. The molecule has 1 amide bonds. The van der Waals surface area contributed by atoms with Gasteiger partial charge in [-0.2, -0.15) is 0 Å². The quantitative estimate of drug-likeness (QED) is 0.480. The van der Waals surface area contributed by atoms with E-state index in [0.29, 0.717) is 11.0 Å². The van der Waals surface area contributed by atoms with Gasteiger partial charge in [0.1, 0.15) is 0 Å². The maximum Gasteiger partial charge on any atom is 0.294 e. The summed E-state index contributed by atoms with van der Waals surface area (Å²) in [5.41, 5.74) is 3.05. The molecule has 1 aromatic heterocycles. The number of carbonyl (C=O) groups excluding carboxylic acids is 1. The molecule has 1 heterocycles. The van der Waals surface area contributed by atoms with Crippen molar-refractivity contribution in [2.75, 3.05) is 7.05 Å². The molecule has 0 unspecified atom stereocenters. The van der Waals surface area contributed by atoms with Crippen molar-refractivity contribution in [3.63, 3.8) is 0 Å². The van der Waals surface area contributed by atoms with Gasteiger partial charge in [-0.1, -0.05) is 12.8 Å². The average Bonchev–Trinajstić information content (AvgIpc) is 2.98. The maximum absolute atomic E-state index is 11.3. The third-order valence-corrected chi connectivity index (χ3v) is 4.13. The van der Waals surface area contributed by atoms with E-state index in [0.717, 1.165) is 12.2 Å². The van der Waals surface area contributed by atoms with Crippen molar-refractivity contribution in [2.45, 2.75) is 38.3 Å². The molecule has 0 bridgehead atoms. The van der Waals surface area contributed by atoms with Crippen LogP contribution in [0.5, 0.6) is 0 Å². The van der Waals surface area contributed by atoms with Gasteiger partial charge in [-0.05, 0) is 19.9 Å². The van der Waals surface area contributed by atoms with Crippen LogP contribution in [0.2, 0.25) is 0 Å². The highest BCUT2D eigenvalue weighted by atomic mass is 32.1. The average molecular weight is 254 g/mol. The van der Waals surface area contributed by atoms with Gasteiger partial charge in [-0.3, -0.25) is 15.1 Å². The number of thiazole rings is 1. The number of nitrogen functional groups attached to an aromatic ring is 1. The Labute approximate surface area is 105 Å². The van der Waals surface area contributed by atoms with Crippen LogP contribution >= 0.6 is 11.3 Å². The van der Waals surface area contributed by atoms with Crippen LogP contribution in [0.25, 0.3) is 0 Å². The highest BCUT2D eigenvalue weighted by molar-refractivity contribution is 7.11. The minimum atomic E-state index is -0.315. The lowest BCUT2D eigenvalue weighted by Gasteiger charge is -2.22. The van der Waals surface area contributed by atoms with Gasteiger partial charge in [0.15, 0.2) is 5.01 Å². The summed E-state index contributed by atoms with van der Waals surface area (Å²) in [4.78, 5) is 17.9. The number of hydrogen-bond acceptors (Lipinski definition) is 5. The lowest BCUT2D eigenvalue weighted by atomic mass is 10.2. The number of hydrazine groups is 1. The third kappa shape index (κ3) is 3.02. The molecular weight excluding hydrogens is 236 g/mol. The standard InChI is InChI=1S/C11H18N4OS/c1-15(9-4-2-3-5-9)6-8-7-17-11(13-8)10(16)14-12/h7,9H,2-6,12H2,1H3,(H,14,16). The van der Waals surface area contributed by atoms with E-state index >= 15 is 0 Å². The van der Waals surface area contributed by atoms with Gasteiger partial charge in [-0.15, -0.1) is 11.3 Å². The van der Waals surface area contributed by atoms with Crippen molar-refractivity contribution in [1.82, 2.24) is 15.3 Å². The molecule has 1 aromatic rings. The first-order valence-electron chi connectivity index (χ1n) is 5.86. The lowest BCUT2D eigenvalue weighted by molar-refractivity contribution is 0.0953. The number of aromatic nitrogens is 1. The highest BCUT2D eigenvalue weighted by Gasteiger charge is 2.20. The summed E-state index contributed by atoms with van der Waals surface area (Å²) >= 11 is 1.34. The molecule has 0 radical (unpaired) electrons. The van der Waals surface area contributed by atoms with Crippen LogP contribution in [0.1, 0.15) is 41.2 Å². The fourth-order valence-electron chi connectivity index (χ4n) is 2.28. The van der Waals surface area contributed by atoms with Gasteiger partial charge < -0.3 is 0 Å². The zero-order valence-corrected chi connectivity index (χ0v) is 10.8. The van der Waals surface area contributed by atoms with E-state index in [-0.39, 0.29) is 5.91 Å². The Morgan fingerprint density at radius 3 is 3.00 bits per heavy atom. The van der Waals surface area contributed by atoms with Crippen LogP contribution in [0.3, 0.4) is 0 Å². The van der Waals surface area contributed by atoms with Crippen LogP contribution in [0, 0.1) is 0 Å². The normalized spacial score (nSPS) is 16.6. The molecule has 0 aliphatic heterocycles. The second-order valence-corrected chi connectivity index (χ2v) is 5.33. The third-order valence-electron chi connectivity index (χ3n) is 3.24. The Morgan fingerprint density at radius 2 is 2.35 bits per heavy atom. The van der Waals surface area contributed by atoms with E-state index in [4.69, 9.17) is 5.84 Å². The number of nitrogens with zero attached hydrogens (tertiary/aromatic N) is 2. The molecule has 1 saturated carbocycles. The van der Waals surface area contributed by atoms with Gasteiger partial charge >= 0.3 is 0 Å². The fraction of sp³-hybridized carbons (Fsp3) is 0.636. The summed E-state index contributed by atoms with van der Waals surface area (Å²) in [6, 6.07) is 0.670. The van der Waals surface area contributed by atoms with Crippen molar-refractivity contribution in [1.29, 1.82) is 0 Å². The molecule has 0 aromatic carbocycles. The lowest BCUT2D eigenvalue weighted by Crippen LogP contribution is -2.30. The Balaban J connectivity index is 1.94. The molecule has 0 atom stereocenters. The van der Waals surface area contributed by atoms with Crippen molar-refractivity contribution in [2.24, 2.45) is 5.84 Å². The summed E-state index contributed by atoms with van der Waals surface area (Å²) < 4.78 is 0. The van der Waals surface area contributed by atoms with Crippen molar-refractivity contribution in [3.8, 4) is 0 Å². The molecule has 0 spiro atoms. The van der Waals surface area contributed by atoms with Crippen molar-refractivity contribution >= 4 is 17.2 Å². The van der Waals surface area contributed by atoms with E-state index < -0.39 is 0 Å². The Hall–Kier alpha value is -0.980. The predicted octanol–water partition coefficient (Wildman–Crippen LogP) is 1.12. The first-order chi connectivity index (χ1) is 8.20. The van der Waals surface area contributed by atoms with Gasteiger partial charge in [0.25, 0.3) is 5.91 Å². The number of carbonyl (C=O) groups is 1. The SMILES string of the molecule is CN(Cc1csc(C(=O)NN)n1)C1CCCC1. The molecule has 1 fully saturated rings. The predicted molar refractivity (Wildman–Crippen MR) is 67.5 cm³/mol. The number of hydrogen-bond donors (Lipinski definition) is 2. The summed E-state index contributed by atoms with van der Waals surface area (Å²) in [6.07, 6.45) is 5.20. The minimum absolute atomic E-state index is 0.315. The number of nitrogens with one attached hydrogen (secondary N) is 1. The van der Waals surface area contributed by atoms with Crippen molar-refractivity contribution in [3.05, 3.63) is 16.1 Å². The minimum Gasteiger partial charge on any atom is -0.298 e. The van der Waals surface area contributed by atoms with E-state index in [9.17, 15) is 4.79 Å². The topological polar surface area (TPSA) is 71.2 Å². The summed E-state index contributed by atoms with van der Waals surface area (Å²) in [6.45, 7) is 0.805. The van der Waals surface area contributed by atoms with E-state index in [1.54, 1.807) is 0 Å². The molecule has 5 nitrogen and oxygen atoms in total.